The second kappa shape index (κ2) is 5.95. The molecule has 2 aromatic heterocycles. The highest BCUT2D eigenvalue weighted by Gasteiger charge is 2.12. The Morgan fingerprint density at radius 3 is 2.62 bits per heavy atom. The molecule has 0 aliphatic heterocycles. The lowest BCUT2D eigenvalue weighted by atomic mass is 10.2. The van der Waals surface area contributed by atoms with Gasteiger partial charge in [0, 0.05) is 18.0 Å². The summed E-state index contributed by atoms with van der Waals surface area (Å²) in [5.41, 5.74) is 0.811. The van der Waals surface area contributed by atoms with E-state index in [2.05, 4.69) is 30.9 Å². The lowest BCUT2D eigenvalue weighted by Crippen LogP contribution is -2.00. The smallest absolute Gasteiger partial charge is 0.189 e. The van der Waals surface area contributed by atoms with Crippen LogP contribution in [0.4, 0.5) is 4.39 Å². The molecule has 0 amide bonds. The van der Waals surface area contributed by atoms with Gasteiger partial charge in [0.25, 0.3) is 0 Å². The van der Waals surface area contributed by atoms with Crippen LogP contribution in [-0.2, 0) is 0 Å². The van der Waals surface area contributed by atoms with Crippen LogP contribution in [0.1, 0.15) is 0 Å². The number of imidazole rings is 1. The number of hydrogen-bond acceptors (Lipinski definition) is 4. The third kappa shape index (κ3) is 2.98. The number of benzene rings is 1. The van der Waals surface area contributed by atoms with Crippen molar-refractivity contribution >= 4 is 27.7 Å². The van der Waals surface area contributed by atoms with E-state index in [0.717, 1.165) is 5.56 Å². The van der Waals surface area contributed by atoms with Crippen molar-refractivity contribution in [2.24, 2.45) is 0 Å². The topological polar surface area (TPSA) is 43.6 Å². The monoisotopic (exact) mass is 364 g/mol. The summed E-state index contributed by atoms with van der Waals surface area (Å²) in [7, 11) is 0. The van der Waals surface area contributed by atoms with Crippen molar-refractivity contribution in [3.63, 3.8) is 0 Å². The standard InChI is InChI=1S/C14H10BrFN4S/c1-21-14-17-7-6-12(19-14)20-8-11(15)18-13(20)9-2-4-10(16)5-3-9/h2-8H,1H3. The molecule has 0 bridgehead atoms. The molecular formula is C14H10BrFN4S. The Morgan fingerprint density at radius 1 is 1.14 bits per heavy atom. The van der Waals surface area contributed by atoms with E-state index in [4.69, 9.17) is 0 Å². The maximum absolute atomic E-state index is 13.1. The molecule has 106 valence electrons. The fourth-order valence-electron chi connectivity index (χ4n) is 1.89. The zero-order chi connectivity index (χ0) is 14.8. The van der Waals surface area contributed by atoms with E-state index in [1.165, 1.54) is 23.9 Å². The van der Waals surface area contributed by atoms with Crippen molar-refractivity contribution in [3.05, 3.63) is 53.1 Å². The zero-order valence-electron chi connectivity index (χ0n) is 11.0. The molecule has 2 heterocycles. The quantitative estimate of drug-likeness (QED) is 0.521. The Morgan fingerprint density at radius 2 is 1.90 bits per heavy atom. The normalized spacial score (nSPS) is 10.8. The molecule has 3 aromatic rings. The molecule has 0 fully saturated rings. The number of thioether (sulfide) groups is 1. The minimum Gasteiger partial charge on any atom is -0.283 e. The first-order valence-electron chi connectivity index (χ1n) is 6.05. The van der Waals surface area contributed by atoms with Crippen LogP contribution in [-0.4, -0.2) is 25.8 Å². The molecule has 21 heavy (non-hydrogen) atoms. The van der Waals surface area contributed by atoms with Crippen molar-refractivity contribution in [1.82, 2.24) is 19.5 Å². The highest BCUT2D eigenvalue weighted by molar-refractivity contribution is 9.10. The van der Waals surface area contributed by atoms with Gasteiger partial charge in [-0.25, -0.2) is 19.3 Å². The number of nitrogens with zero attached hydrogens (tertiary/aromatic N) is 4. The molecule has 0 saturated heterocycles. The van der Waals surface area contributed by atoms with Gasteiger partial charge in [0.15, 0.2) is 5.16 Å². The van der Waals surface area contributed by atoms with Crippen LogP contribution < -0.4 is 0 Å². The van der Waals surface area contributed by atoms with E-state index in [1.54, 1.807) is 24.4 Å². The van der Waals surface area contributed by atoms with Crippen LogP contribution in [0.15, 0.2) is 52.5 Å². The third-order valence-electron chi connectivity index (χ3n) is 2.83. The maximum atomic E-state index is 13.1. The lowest BCUT2D eigenvalue weighted by molar-refractivity contribution is 0.628. The Balaban J connectivity index is 2.13. The van der Waals surface area contributed by atoms with E-state index in [1.807, 2.05) is 17.0 Å². The molecule has 0 unspecified atom stereocenters. The lowest BCUT2D eigenvalue weighted by Gasteiger charge is -2.07. The number of hydrogen-bond donors (Lipinski definition) is 0. The summed E-state index contributed by atoms with van der Waals surface area (Å²) in [6.07, 6.45) is 5.45. The van der Waals surface area contributed by atoms with Crippen LogP contribution >= 0.6 is 27.7 Å². The van der Waals surface area contributed by atoms with Crippen LogP contribution in [0, 0.1) is 5.82 Å². The summed E-state index contributed by atoms with van der Waals surface area (Å²) >= 11 is 4.84. The second-order valence-electron chi connectivity index (χ2n) is 4.17. The first-order valence-corrected chi connectivity index (χ1v) is 8.07. The van der Waals surface area contributed by atoms with Crippen molar-refractivity contribution < 1.29 is 4.39 Å². The van der Waals surface area contributed by atoms with Crippen LogP contribution in [0.5, 0.6) is 0 Å². The molecule has 4 nitrogen and oxygen atoms in total. The van der Waals surface area contributed by atoms with Crippen molar-refractivity contribution in [3.8, 4) is 17.2 Å². The van der Waals surface area contributed by atoms with E-state index in [0.29, 0.717) is 21.4 Å². The molecule has 0 aliphatic carbocycles. The summed E-state index contributed by atoms with van der Waals surface area (Å²) in [5.74, 6) is 1.13. The van der Waals surface area contributed by atoms with E-state index in [9.17, 15) is 4.39 Å². The second-order valence-corrected chi connectivity index (χ2v) is 5.75. The minimum atomic E-state index is -0.275. The fraction of sp³-hybridized carbons (Fsp3) is 0.0714. The molecule has 7 heteroatoms. The summed E-state index contributed by atoms with van der Waals surface area (Å²) in [6, 6.07) is 8.01. The van der Waals surface area contributed by atoms with Crippen molar-refractivity contribution in [2.75, 3.05) is 6.26 Å². The highest BCUT2D eigenvalue weighted by atomic mass is 79.9. The maximum Gasteiger partial charge on any atom is 0.189 e. The third-order valence-corrected chi connectivity index (χ3v) is 3.77. The molecule has 0 atom stereocenters. The summed E-state index contributed by atoms with van der Waals surface area (Å²) in [4.78, 5) is 13.1. The van der Waals surface area contributed by atoms with Gasteiger partial charge in [0.2, 0.25) is 0 Å². The van der Waals surface area contributed by atoms with Crippen LogP contribution in [0.2, 0.25) is 0 Å². The van der Waals surface area contributed by atoms with Crippen molar-refractivity contribution in [2.45, 2.75) is 5.16 Å². The van der Waals surface area contributed by atoms with Gasteiger partial charge in [-0.1, -0.05) is 11.8 Å². The zero-order valence-corrected chi connectivity index (χ0v) is 13.4. The first-order chi connectivity index (χ1) is 10.2. The number of aromatic nitrogens is 4. The molecular weight excluding hydrogens is 355 g/mol. The van der Waals surface area contributed by atoms with Gasteiger partial charge in [-0.05, 0) is 52.5 Å². The molecule has 0 saturated carbocycles. The molecule has 3 rings (SSSR count). The Hall–Kier alpha value is -1.73. The van der Waals surface area contributed by atoms with E-state index < -0.39 is 0 Å². The Bertz CT molecular complexity index is 773. The molecule has 0 aliphatic rings. The summed E-state index contributed by atoms with van der Waals surface area (Å²) in [6.45, 7) is 0. The summed E-state index contributed by atoms with van der Waals surface area (Å²) in [5, 5.41) is 0.683. The summed E-state index contributed by atoms with van der Waals surface area (Å²) < 4.78 is 15.6. The van der Waals surface area contributed by atoms with Gasteiger partial charge in [0.1, 0.15) is 22.1 Å². The number of halogens is 2. The molecule has 0 spiro atoms. The SMILES string of the molecule is CSc1nccc(-n2cc(Br)nc2-c2ccc(F)cc2)n1. The van der Waals surface area contributed by atoms with Crippen molar-refractivity contribution in [1.29, 1.82) is 0 Å². The average Bonchev–Trinajstić information content (AvgIpc) is 2.90. The average molecular weight is 365 g/mol. The largest absolute Gasteiger partial charge is 0.283 e. The highest BCUT2D eigenvalue weighted by Crippen LogP contribution is 2.25. The molecule has 0 radical (unpaired) electrons. The van der Waals surface area contributed by atoms with Gasteiger partial charge in [0.05, 0.1) is 0 Å². The Kier molecular flexibility index (Phi) is 4.03. The number of rotatable bonds is 3. The van der Waals surface area contributed by atoms with Gasteiger partial charge >= 0.3 is 0 Å². The molecule has 1 aromatic carbocycles. The predicted molar refractivity (Wildman–Crippen MR) is 84.0 cm³/mol. The van der Waals surface area contributed by atoms with Gasteiger partial charge in [-0.3, -0.25) is 4.57 Å². The predicted octanol–water partition coefficient (Wildman–Crippen LogP) is 3.95. The van der Waals surface area contributed by atoms with Gasteiger partial charge in [-0.15, -0.1) is 0 Å². The fourth-order valence-corrected chi connectivity index (χ4v) is 2.62. The minimum absolute atomic E-state index is 0.275. The van der Waals surface area contributed by atoms with Gasteiger partial charge in [-0.2, -0.15) is 0 Å². The Labute approximate surface area is 133 Å². The van der Waals surface area contributed by atoms with Gasteiger partial charge < -0.3 is 0 Å². The van der Waals surface area contributed by atoms with Crippen LogP contribution in [0.25, 0.3) is 17.2 Å². The first kappa shape index (κ1) is 14.2. The van der Waals surface area contributed by atoms with Crippen LogP contribution in [0.3, 0.4) is 0 Å². The molecule has 0 N–H and O–H groups in total. The van der Waals surface area contributed by atoms with E-state index >= 15 is 0 Å². The van der Waals surface area contributed by atoms with E-state index in [-0.39, 0.29) is 5.82 Å².